The summed E-state index contributed by atoms with van der Waals surface area (Å²) in [6, 6.07) is 25.4. The molecule has 3 nitrogen and oxygen atoms in total. The molecule has 0 amide bonds. The van der Waals surface area contributed by atoms with Crippen molar-refractivity contribution in [2.75, 3.05) is 0 Å². The van der Waals surface area contributed by atoms with Crippen LogP contribution in [0.2, 0.25) is 0 Å². The normalized spacial score (nSPS) is 16.7. The number of benzene rings is 2. The summed E-state index contributed by atoms with van der Waals surface area (Å²) < 4.78 is 0.00839. The van der Waals surface area contributed by atoms with Crippen LogP contribution in [0.15, 0.2) is 72.9 Å². The number of phenols is 1. The summed E-state index contributed by atoms with van der Waals surface area (Å²) in [5, 5.41) is 10.5. The molecule has 0 saturated carbocycles. The molecule has 0 radical (unpaired) electrons. The van der Waals surface area contributed by atoms with Crippen LogP contribution in [0.4, 0.5) is 0 Å². The second-order valence-corrected chi connectivity index (χ2v) is 12.8. The molecule has 2 heterocycles. The summed E-state index contributed by atoms with van der Waals surface area (Å²) in [6.45, 7) is 2.26. The average molecular weight is 655 g/mol. The number of fused-ring (bicyclic) bond motifs is 3. The molecule has 2 aromatic carbocycles. The number of aromatic nitrogens is 2. The van der Waals surface area contributed by atoms with Crippen molar-refractivity contribution in [3.63, 3.8) is 0 Å². The van der Waals surface area contributed by atoms with Gasteiger partial charge >= 0.3 is 181 Å². The van der Waals surface area contributed by atoms with E-state index in [0.717, 1.165) is 33.8 Å². The number of phenolic OH excluding ortho intramolecular Hbond substituents is 1. The summed E-state index contributed by atoms with van der Waals surface area (Å²) in [5.74, 6) is 0.309. The van der Waals surface area contributed by atoms with E-state index in [-0.39, 0.29) is 23.3 Å². The molecular weight excluding hydrogens is 639 g/mol. The van der Waals surface area contributed by atoms with Crippen LogP contribution >= 0.6 is 0 Å². The third-order valence-electron chi connectivity index (χ3n) is 5.38. The maximum absolute atomic E-state index is 10.5. The van der Waals surface area contributed by atoms with Crippen LogP contribution in [0.3, 0.4) is 0 Å². The molecule has 1 N–H and O–H groups in total. The molecule has 2 aromatic heterocycles. The van der Waals surface area contributed by atoms with E-state index >= 15 is 0 Å². The third-order valence-corrected chi connectivity index (χ3v) is 8.34. The van der Waals surface area contributed by atoms with Gasteiger partial charge < -0.3 is 0 Å². The van der Waals surface area contributed by atoms with Crippen LogP contribution < -0.4 is 0 Å². The summed E-state index contributed by atoms with van der Waals surface area (Å²) in [7, 11) is 0. The first kappa shape index (κ1) is 20.4. The number of rotatable bonds is 2. The van der Waals surface area contributed by atoms with Crippen LogP contribution in [0, 0.1) is 6.07 Å². The molecule has 141 valence electrons. The minimum atomic E-state index is 0. The van der Waals surface area contributed by atoms with Crippen molar-refractivity contribution >= 4 is 0 Å². The van der Waals surface area contributed by atoms with E-state index in [0.29, 0.717) is 31.9 Å². The fourth-order valence-corrected chi connectivity index (χ4v) is 6.18. The van der Waals surface area contributed by atoms with Crippen molar-refractivity contribution in [2.45, 2.75) is 9.85 Å². The van der Waals surface area contributed by atoms with Gasteiger partial charge in [0.05, 0.1) is 0 Å². The second-order valence-electron chi connectivity index (χ2n) is 7.32. The largest absolute Gasteiger partial charge is 0 e. The first-order valence-corrected chi connectivity index (χ1v) is 11.9. The Bertz CT molecular complexity index is 1210. The van der Waals surface area contributed by atoms with Gasteiger partial charge in [-0.2, -0.15) is 0 Å². The quantitative estimate of drug-likeness (QED) is 0.242. The summed E-state index contributed by atoms with van der Waals surface area (Å²) >= 11 is 0.455. The summed E-state index contributed by atoms with van der Waals surface area (Å²) in [5.41, 5.74) is 7.82. The predicted molar refractivity (Wildman–Crippen MR) is 105 cm³/mol. The van der Waals surface area contributed by atoms with Crippen LogP contribution in [0.5, 0.6) is 5.75 Å². The zero-order chi connectivity index (χ0) is 19.3. The van der Waals surface area contributed by atoms with Crippen molar-refractivity contribution in [3.8, 4) is 39.5 Å². The fourth-order valence-electron chi connectivity index (χ4n) is 3.93. The molecule has 0 saturated heterocycles. The van der Waals surface area contributed by atoms with E-state index in [4.69, 9.17) is 4.98 Å². The Morgan fingerprint density at radius 1 is 0.862 bits per heavy atom. The molecule has 1 unspecified atom stereocenters. The first-order valence-electron chi connectivity index (χ1n) is 9.19. The minimum absolute atomic E-state index is 0. The Morgan fingerprint density at radius 3 is 2.38 bits per heavy atom. The minimum Gasteiger partial charge on any atom is 0 e. The van der Waals surface area contributed by atoms with Gasteiger partial charge in [-0.3, -0.25) is 0 Å². The van der Waals surface area contributed by atoms with Gasteiger partial charge in [0.1, 0.15) is 0 Å². The molecule has 29 heavy (non-hydrogen) atoms. The van der Waals surface area contributed by atoms with Crippen molar-refractivity contribution in [1.29, 1.82) is 0 Å². The Morgan fingerprint density at radius 2 is 1.62 bits per heavy atom. The summed E-state index contributed by atoms with van der Waals surface area (Å²) in [4.78, 5) is 9.40. The smallest absolute Gasteiger partial charge is 0 e. The molecule has 4 aromatic rings. The maximum Gasteiger partial charge on any atom is 0 e. The van der Waals surface area contributed by atoms with E-state index in [1.165, 1.54) is 11.1 Å². The second kappa shape index (κ2) is 7.76. The zero-order valence-electron chi connectivity index (χ0n) is 15.8. The van der Waals surface area contributed by atoms with Crippen molar-refractivity contribution in [3.05, 3.63) is 90.1 Å². The van der Waals surface area contributed by atoms with Crippen LogP contribution in [-0.2, 0) is 49.5 Å². The van der Waals surface area contributed by atoms with Crippen molar-refractivity contribution < 1.29 is 51.7 Å². The molecule has 0 aliphatic heterocycles. The maximum atomic E-state index is 10.5. The monoisotopic (exact) mass is 656 g/mol. The van der Waals surface area contributed by atoms with E-state index in [2.05, 4.69) is 36.2 Å². The molecule has 1 aliphatic rings. The topological polar surface area (TPSA) is 46.0 Å². The van der Waals surface area contributed by atoms with Crippen molar-refractivity contribution in [2.24, 2.45) is 0 Å². The number of nitrogens with zero attached hydrogens (tertiary/aromatic N) is 2. The standard InChI is InChI=1S/C24H16N2O.Hg.Pd/c1-15-18-8-5-10-22(27)23(18)24-19(15)11-12-21(26-24)17-7-4-6-16(14-17)20-9-2-3-13-25-20;;/h2-13,27H,1H3;;/q-1;;. The van der Waals surface area contributed by atoms with E-state index in [1.807, 2.05) is 42.5 Å². The molecule has 1 atom stereocenters. The van der Waals surface area contributed by atoms with Crippen LogP contribution in [0.25, 0.3) is 33.8 Å². The van der Waals surface area contributed by atoms with Gasteiger partial charge in [-0.1, -0.05) is 0 Å². The van der Waals surface area contributed by atoms with Gasteiger partial charge in [0.25, 0.3) is 0 Å². The Hall–Kier alpha value is -1.86. The Kier molecular flexibility index (Phi) is 5.46. The molecule has 0 fully saturated rings. The molecule has 5 rings (SSSR count). The fraction of sp³-hybridized carbons (Fsp3) is 0.0833. The molecular formula is C24H16HgN2OPd-. The van der Waals surface area contributed by atoms with Gasteiger partial charge in [0, 0.05) is 20.4 Å². The number of aromatic hydroxyl groups is 1. The SMILES string of the molecule is C[C]1([Hg])c2ccc(-c3[c-]c(-c4ccccn4)ccc3)nc2-c2c(O)cccc21.[Pd]. The third kappa shape index (κ3) is 3.38. The predicted octanol–water partition coefficient (Wildman–Crippen LogP) is 5.10. The van der Waals surface area contributed by atoms with Gasteiger partial charge in [0.2, 0.25) is 0 Å². The number of hydrogen-bond acceptors (Lipinski definition) is 3. The van der Waals surface area contributed by atoms with E-state index < -0.39 is 0 Å². The molecule has 0 spiro atoms. The van der Waals surface area contributed by atoms with Crippen molar-refractivity contribution in [1.82, 2.24) is 9.97 Å². The van der Waals surface area contributed by atoms with Crippen LogP contribution in [-0.4, -0.2) is 15.1 Å². The summed E-state index contributed by atoms with van der Waals surface area (Å²) in [6.07, 6.45) is 1.79. The first-order chi connectivity index (χ1) is 13.6. The van der Waals surface area contributed by atoms with E-state index in [1.54, 1.807) is 12.3 Å². The number of pyridine rings is 2. The number of hydrogen-bond donors (Lipinski definition) is 1. The molecule has 5 heteroatoms. The Balaban J connectivity index is 0.00000205. The van der Waals surface area contributed by atoms with Gasteiger partial charge in [-0.05, 0) is 0 Å². The Labute approximate surface area is 199 Å². The van der Waals surface area contributed by atoms with E-state index in [9.17, 15) is 5.11 Å². The molecule has 0 bridgehead atoms. The average Bonchev–Trinajstić information content (AvgIpc) is 2.97. The molecule has 1 aliphatic carbocycles. The van der Waals surface area contributed by atoms with Gasteiger partial charge in [-0.15, -0.1) is 0 Å². The van der Waals surface area contributed by atoms with Crippen LogP contribution in [0.1, 0.15) is 18.1 Å². The van der Waals surface area contributed by atoms with Gasteiger partial charge in [0.15, 0.2) is 0 Å². The van der Waals surface area contributed by atoms with Gasteiger partial charge in [-0.25, -0.2) is 0 Å². The zero-order valence-corrected chi connectivity index (χ0v) is 22.8.